The maximum atomic E-state index is 13.2. The average molecular weight is 400 g/mol. The Balaban J connectivity index is 1.43. The van der Waals surface area contributed by atoms with Gasteiger partial charge in [0.15, 0.2) is 0 Å². The predicted molar refractivity (Wildman–Crippen MR) is 106 cm³/mol. The first-order chi connectivity index (χ1) is 13.6. The van der Waals surface area contributed by atoms with Gasteiger partial charge in [-0.3, -0.25) is 9.59 Å². The van der Waals surface area contributed by atoms with Crippen molar-refractivity contribution in [2.45, 2.75) is 25.2 Å². The monoisotopic (exact) mass is 399 g/mol. The molecule has 2 amide bonds. The number of rotatable bonds is 3. The number of amides is 2. The summed E-state index contributed by atoms with van der Waals surface area (Å²) in [5.41, 5.74) is 0.940. The Kier molecular flexibility index (Phi) is 5.48. The van der Waals surface area contributed by atoms with Gasteiger partial charge in [0.2, 0.25) is 11.8 Å². The number of nitrogens with one attached hydrogen (secondary N) is 1. The summed E-state index contributed by atoms with van der Waals surface area (Å²) in [5.74, 6) is 0.774. The molecule has 0 saturated carbocycles. The van der Waals surface area contributed by atoms with Gasteiger partial charge in [-0.1, -0.05) is 29.8 Å². The van der Waals surface area contributed by atoms with E-state index in [4.69, 9.17) is 16.3 Å². The first kappa shape index (κ1) is 18.7. The van der Waals surface area contributed by atoms with Gasteiger partial charge in [-0.15, -0.1) is 0 Å². The molecular weight excluding hydrogens is 378 g/mol. The minimum Gasteiger partial charge on any atom is -0.493 e. The Morgan fingerprint density at radius 3 is 2.86 bits per heavy atom. The highest BCUT2D eigenvalue weighted by atomic mass is 35.5. The topological polar surface area (TPSA) is 71.5 Å². The van der Waals surface area contributed by atoms with E-state index < -0.39 is 0 Å². The van der Waals surface area contributed by atoms with Crippen molar-refractivity contribution in [3.8, 4) is 5.75 Å². The normalized spacial score (nSPS) is 21.4. The van der Waals surface area contributed by atoms with E-state index in [0.717, 1.165) is 24.2 Å². The van der Waals surface area contributed by atoms with Gasteiger partial charge in [0.05, 0.1) is 23.5 Å². The van der Waals surface area contributed by atoms with Gasteiger partial charge in [-0.05, 0) is 37.5 Å². The molecule has 3 heterocycles. The highest BCUT2D eigenvalue weighted by molar-refractivity contribution is 6.30. The molecule has 0 bridgehead atoms. The quantitative estimate of drug-likeness (QED) is 0.857. The lowest BCUT2D eigenvalue weighted by Gasteiger charge is -2.35. The van der Waals surface area contributed by atoms with Crippen molar-refractivity contribution >= 4 is 29.2 Å². The van der Waals surface area contributed by atoms with Crippen LogP contribution in [0.4, 0.5) is 5.82 Å². The zero-order chi connectivity index (χ0) is 19.5. The molecular formula is C21H22ClN3O3. The first-order valence-electron chi connectivity index (χ1n) is 9.55. The second-order valence-corrected chi connectivity index (χ2v) is 7.64. The summed E-state index contributed by atoms with van der Waals surface area (Å²) in [6.07, 6.45) is 3.73. The molecule has 2 unspecified atom stereocenters. The Labute approximate surface area is 168 Å². The van der Waals surface area contributed by atoms with Crippen LogP contribution in [0.1, 0.15) is 30.7 Å². The number of hydrogen-bond donors (Lipinski definition) is 1. The van der Waals surface area contributed by atoms with E-state index in [9.17, 15) is 9.59 Å². The number of carbonyl (C=O) groups is 2. The van der Waals surface area contributed by atoms with Gasteiger partial charge in [-0.2, -0.15) is 0 Å². The van der Waals surface area contributed by atoms with E-state index >= 15 is 0 Å². The van der Waals surface area contributed by atoms with Crippen LogP contribution in [-0.2, 0) is 9.59 Å². The zero-order valence-corrected chi connectivity index (χ0v) is 16.2. The number of aromatic nitrogens is 1. The standard InChI is InChI=1S/C21H22ClN3O3/c22-15-7-8-19(23-12-15)24-20(26)14-4-3-10-25(13-14)21(27)17-9-11-28-18-6-2-1-5-16(17)18/h1-2,5-8,12,14,17H,3-4,9-11,13H2,(H,23,24,26). The van der Waals surface area contributed by atoms with Crippen LogP contribution in [0.25, 0.3) is 0 Å². The highest BCUT2D eigenvalue weighted by Crippen LogP contribution is 2.35. The average Bonchev–Trinajstić information content (AvgIpc) is 2.74. The molecule has 1 N–H and O–H groups in total. The number of anilines is 1. The summed E-state index contributed by atoms with van der Waals surface area (Å²) in [7, 11) is 0. The van der Waals surface area contributed by atoms with Crippen LogP contribution >= 0.6 is 11.6 Å². The molecule has 1 fully saturated rings. The maximum Gasteiger partial charge on any atom is 0.230 e. The fraction of sp³-hybridized carbons (Fsp3) is 0.381. The van der Waals surface area contributed by atoms with E-state index in [0.29, 0.717) is 37.0 Å². The molecule has 7 heteroatoms. The number of hydrogen-bond acceptors (Lipinski definition) is 4. The van der Waals surface area contributed by atoms with Crippen LogP contribution in [0, 0.1) is 5.92 Å². The number of pyridine rings is 1. The number of halogens is 1. The molecule has 146 valence electrons. The van der Waals surface area contributed by atoms with Crippen LogP contribution in [0.3, 0.4) is 0 Å². The number of likely N-dealkylation sites (tertiary alicyclic amines) is 1. The number of piperidine rings is 1. The fourth-order valence-electron chi connectivity index (χ4n) is 3.89. The molecule has 2 aromatic rings. The molecule has 1 aromatic carbocycles. The Hall–Kier alpha value is -2.60. The third-order valence-electron chi connectivity index (χ3n) is 5.34. The lowest BCUT2D eigenvalue weighted by Crippen LogP contribution is -2.46. The summed E-state index contributed by atoms with van der Waals surface area (Å²) < 4.78 is 5.67. The molecule has 1 aromatic heterocycles. The SMILES string of the molecule is O=C(Nc1ccc(Cl)cn1)C1CCCN(C(=O)C2CCOc3ccccc32)C1. The minimum atomic E-state index is -0.245. The van der Waals surface area contributed by atoms with Crippen LogP contribution in [0.2, 0.25) is 5.02 Å². The predicted octanol–water partition coefficient (Wildman–Crippen LogP) is 3.48. The lowest BCUT2D eigenvalue weighted by molar-refractivity contribution is -0.136. The minimum absolute atomic E-state index is 0.0814. The van der Waals surface area contributed by atoms with Crippen molar-refractivity contribution in [3.63, 3.8) is 0 Å². The molecule has 0 radical (unpaired) electrons. The van der Waals surface area contributed by atoms with Crippen LogP contribution in [-0.4, -0.2) is 41.4 Å². The number of fused-ring (bicyclic) bond motifs is 1. The number of para-hydroxylation sites is 1. The molecule has 0 spiro atoms. The zero-order valence-electron chi connectivity index (χ0n) is 15.4. The third-order valence-corrected chi connectivity index (χ3v) is 5.56. The first-order valence-corrected chi connectivity index (χ1v) is 9.92. The van der Waals surface area contributed by atoms with E-state index in [1.54, 1.807) is 12.1 Å². The summed E-state index contributed by atoms with van der Waals surface area (Å²) in [5, 5.41) is 3.34. The second-order valence-electron chi connectivity index (χ2n) is 7.20. The lowest BCUT2D eigenvalue weighted by atomic mass is 9.89. The van der Waals surface area contributed by atoms with Crippen molar-refractivity contribution < 1.29 is 14.3 Å². The Bertz CT molecular complexity index is 871. The van der Waals surface area contributed by atoms with Crippen molar-refractivity contribution in [1.82, 2.24) is 9.88 Å². The summed E-state index contributed by atoms with van der Waals surface area (Å²) in [4.78, 5) is 31.8. The molecule has 1 saturated heterocycles. The molecule has 2 aliphatic heterocycles. The number of benzene rings is 1. The van der Waals surface area contributed by atoms with E-state index in [1.807, 2.05) is 29.2 Å². The Morgan fingerprint density at radius 2 is 2.04 bits per heavy atom. The molecule has 4 rings (SSSR count). The Morgan fingerprint density at radius 1 is 1.18 bits per heavy atom. The van der Waals surface area contributed by atoms with Gasteiger partial charge in [0.1, 0.15) is 11.6 Å². The summed E-state index contributed by atoms with van der Waals surface area (Å²) >= 11 is 5.83. The molecule has 2 atom stereocenters. The number of ether oxygens (including phenoxy) is 1. The van der Waals surface area contributed by atoms with Crippen LogP contribution in [0.5, 0.6) is 5.75 Å². The maximum absolute atomic E-state index is 13.2. The third kappa shape index (κ3) is 3.97. The van der Waals surface area contributed by atoms with Crippen LogP contribution < -0.4 is 10.1 Å². The van der Waals surface area contributed by atoms with Gasteiger partial charge >= 0.3 is 0 Å². The molecule has 2 aliphatic rings. The van der Waals surface area contributed by atoms with Gasteiger partial charge in [0.25, 0.3) is 0 Å². The number of nitrogens with zero attached hydrogens (tertiary/aromatic N) is 2. The van der Waals surface area contributed by atoms with Crippen molar-refractivity contribution in [1.29, 1.82) is 0 Å². The smallest absolute Gasteiger partial charge is 0.230 e. The number of carbonyl (C=O) groups excluding carboxylic acids is 2. The van der Waals surface area contributed by atoms with Crippen LogP contribution in [0.15, 0.2) is 42.6 Å². The van der Waals surface area contributed by atoms with Crippen molar-refractivity contribution in [2.75, 3.05) is 25.0 Å². The van der Waals surface area contributed by atoms with E-state index in [1.165, 1.54) is 6.20 Å². The van der Waals surface area contributed by atoms with Gasteiger partial charge < -0.3 is 15.0 Å². The van der Waals surface area contributed by atoms with E-state index in [-0.39, 0.29) is 23.7 Å². The fourth-order valence-corrected chi connectivity index (χ4v) is 4.00. The van der Waals surface area contributed by atoms with Gasteiger partial charge in [0, 0.05) is 24.8 Å². The second kappa shape index (κ2) is 8.19. The molecule has 6 nitrogen and oxygen atoms in total. The van der Waals surface area contributed by atoms with E-state index in [2.05, 4.69) is 10.3 Å². The van der Waals surface area contributed by atoms with Crippen molar-refractivity contribution in [3.05, 3.63) is 53.2 Å². The molecule has 0 aliphatic carbocycles. The van der Waals surface area contributed by atoms with Crippen molar-refractivity contribution in [2.24, 2.45) is 5.92 Å². The van der Waals surface area contributed by atoms with Gasteiger partial charge in [-0.25, -0.2) is 4.98 Å². The largest absolute Gasteiger partial charge is 0.493 e. The highest BCUT2D eigenvalue weighted by Gasteiger charge is 2.35. The summed E-state index contributed by atoms with van der Waals surface area (Å²) in [6.45, 7) is 1.65. The summed E-state index contributed by atoms with van der Waals surface area (Å²) in [6, 6.07) is 11.1. The molecule has 28 heavy (non-hydrogen) atoms.